The molecule has 0 aromatic carbocycles. The summed E-state index contributed by atoms with van der Waals surface area (Å²) in [5, 5.41) is 12.2. The molecule has 0 saturated carbocycles. The molecule has 2 nitrogen and oxygen atoms in total. The molecule has 0 atom stereocenters. The van der Waals surface area contributed by atoms with Crippen molar-refractivity contribution in [1.82, 2.24) is 0 Å². The van der Waals surface area contributed by atoms with Crippen LogP contribution in [0.25, 0.3) is 0 Å². The third-order valence-corrected chi connectivity index (χ3v) is 2.49. The molecule has 0 fully saturated rings. The minimum atomic E-state index is -0.224. The first-order valence-corrected chi connectivity index (χ1v) is 4.45. The number of rotatable bonds is 5. The lowest BCUT2D eigenvalue weighted by molar-refractivity contribution is 0.310. The molecule has 0 rings (SSSR count). The lowest BCUT2D eigenvalue weighted by Gasteiger charge is -2.25. The Morgan fingerprint density at radius 1 is 1.54 bits per heavy atom. The summed E-state index contributed by atoms with van der Waals surface area (Å²) in [6.07, 6.45) is 3.38. The van der Waals surface area contributed by atoms with E-state index in [9.17, 15) is 0 Å². The average Bonchev–Trinajstić information content (AvgIpc) is 2.05. The molecule has 0 aromatic rings. The molecule has 0 radical (unpaired) electrons. The van der Waals surface area contributed by atoms with Gasteiger partial charge in [0.05, 0.1) is 5.71 Å². The van der Waals surface area contributed by atoms with Gasteiger partial charge < -0.3 is 5.21 Å². The fraction of sp³-hybridized carbons (Fsp3) is 0.545. The van der Waals surface area contributed by atoms with Crippen molar-refractivity contribution < 1.29 is 5.21 Å². The molecule has 0 aromatic heterocycles. The van der Waals surface area contributed by atoms with Gasteiger partial charge in [-0.25, -0.2) is 0 Å². The van der Waals surface area contributed by atoms with Crippen LogP contribution in [0.3, 0.4) is 0 Å². The highest BCUT2D eigenvalue weighted by molar-refractivity contribution is 5.91. The zero-order chi connectivity index (χ0) is 10.5. The number of hydrogen-bond acceptors (Lipinski definition) is 2. The van der Waals surface area contributed by atoms with Crippen LogP contribution in [0.15, 0.2) is 30.0 Å². The van der Waals surface area contributed by atoms with Crippen molar-refractivity contribution in [2.75, 3.05) is 0 Å². The first-order valence-electron chi connectivity index (χ1n) is 4.45. The Hall–Kier alpha value is -1.05. The van der Waals surface area contributed by atoms with Gasteiger partial charge in [0, 0.05) is 5.41 Å². The maximum absolute atomic E-state index is 8.85. The Morgan fingerprint density at radius 3 is 2.38 bits per heavy atom. The van der Waals surface area contributed by atoms with Gasteiger partial charge in [-0.1, -0.05) is 37.2 Å². The third kappa shape index (κ3) is 3.05. The van der Waals surface area contributed by atoms with E-state index >= 15 is 0 Å². The number of allylic oxidation sites excluding steroid dienone is 2. The standard InChI is InChI=1S/C11H19NO/c1-6-7-8-10(12-13)11(4,5)9(2)3/h6,13H,1-2,7-8H2,3-5H3/b12-10+. The lowest BCUT2D eigenvalue weighted by atomic mass is 9.79. The largest absolute Gasteiger partial charge is 0.411 e. The normalized spacial score (nSPS) is 12.7. The summed E-state index contributed by atoms with van der Waals surface area (Å²) in [6, 6.07) is 0. The maximum atomic E-state index is 8.85. The van der Waals surface area contributed by atoms with Crippen LogP contribution in [0.2, 0.25) is 0 Å². The second kappa shape index (κ2) is 4.85. The van der Waals surface area contributed by atoms with Gasteiger partial charge >= 0.3 is 0 Å². The van der Waals surface area contributed by atoms with E-state index in [4.69, 9.17) is 5.21 Å². The Bertz CT molecular complexity index is 226. The van der Waals surface area contributed by atoms with E-state index in [-0.39, 0.29) is 5.41 Å². The third-order valence-electron chi connectivity index (χ3n) is 2.49. The van der Waals surface area contributed by atoms with Crippen molar-refractivity contribution in [2.45, 2.75) is 33.6 Å². The summed E-state index contributed by atoms with van der Waals surface area (Å²) < 4.78 is 0. The van der Waals surface area contributed by atoms with Gasteiger partial charge in [-0.05, 0) is 19.8 Å². The summed E-state index contributed by atoms with van der Waals surface area (Å²) in [5.74, 6) is 0. The monoisotopic (exact) mass is 181 g/mol. The molecule has 0 saturated heterocycles. The van der Waals surface area contributed by atoms with E-state index in [1.54, 1.807) is 0 Å². The molecule has 13 heavy (non-hydrogen) atoms. The first kappa shape index (κ1) is 11.9. The quantitative estimate of drug-likeness (QED) is 0.300. The molecule has 0 aliphatic rings. The van der Waals surface area contributed by atoms with Crippen molar-refractivity contribution in [3.05, 3.63) is 24.8 Å². The predicted molar refractivity (Wildman–Crippen MR) is 57.2 cm³/mol. The Labute approximate surface area is 80.7 Å². The van der Waals surface area contributed by atoms with Crippen molar-refractivity contribution in [2.24, 2.45) is 10.6 Å². The van der Waals surface area contributed by atoms with Gasteiger partial charge in [0.25, 0.3) is 0 Å². The van der Waals surface area contributed by atoms with Gasteiger partial charge in [0.1, 0.15) is 0 Å². The topological polar surface area (TPSA) is 32.6 Å². The SMILES string of the molecule is C=CCC/C(=N\O)C(C)(C)C(=C)C. The number of oxime groups is 1. The van der Waals surface area contributed by atoms with Crippen molar-refractivity contribution in [1.29, 1.82) is 0 Å². The van der Waals surface area contributed by atoms with Crippen LogP contribution in [0.1, 0.15) is 33.6 Å². The fourth-order valence-electron chi connectivity index (χ4n) is 0.973. The molecular formula is C11H19NO. The van der Waals surface area contributed by atoms with E-state index in [0.717, 1.165) is 24.1 Å². The second-order valence-corrected chi connectivity index (χ2v) is 3.78. The van der Waals surface area contributed by atoms with Crippen molar-refractivity contribution in [3.63, 3.8) is 0 Å². The minimum absolute atomic E-state index is 0.224. The summed E-state index contributed by atoms with van der Waals surface area (Å²) in [7, 11) is 0. The molecule has 0 aliphatic heterocycles. The Balaban J connectivity index is 4.58. The van der Waals surface area contributed by atoms with Gasteiger partial charge in [-0.2, -0.15) is 0 Å². The summed E-state index contributed by atoms with van der Waals surface area (Å²) in [6.45, 7) is 13.5. The Morgan fingerprint density at radius 2 is 2.08 bits per heavy atom. The van der Waals surface area contributed by atoms with Crippen LogP contribution in [-0.4, -0.2) is 10.9 Å². The molecule has 0 unspecified atom stereocenters. The highest BCUT2D eigenvalue weighted by Crippen LogP contribution is 2.28. The molecule has 74 valence electrons. The van der Waals surface area contributed by atoms with Crippen molar-refractivity contribution >= 4 is 5.71 Å². The first-order chi connectivity index (χ1) is 5.96. The summed E-state index contributed by atoms with van der Waals surface area (Å²) in [4.78, 5) is 0. The smallest absolute Gasteiger partial charge is 0.0670 e. The van der Waals surface area contributed by atoms with Gasteiger partial charge in [0.2, 0.25) is 0 Å². The molecule has 0 bridgehead atoms. The van der Waals surface area contributed by atoms with E-state index < -0.39 is 0 Å². The van der Waals surface area contributed by atoms with Crippen LogP contribution in [0.4, 0.5) is 0 Å². The van der Waals surface area contributed by atoms with Crippen LogP contribution in [-0.2, 0) is 0 Å². The molecular weight excluding hydrogens is 162 g/mol. The molecule has 2 heteroatoms. The minimum Gasteiger partial charge on any atom is -0.411 e. The average molecular weight is 181 g/mol. The van der Waals surface area contributed by atoms with Crippen LogP contribution in [0.5, 0.6) is 0 Å². The maximum Gasteiger partial charge on any atom is 0.0670 e. The highest BCUT2D eigenvalue weighted by Gasteiger charge is 2.25. The van der Waals surface area contributed by atoms with Crippen LogP contribution < -0.4 is 0 Å². The molecule has 0 amide bonds. The van der Waals surface area contributed by atoms with E-state index in [0.29, 0.717) is 0 Å². The van der Waals surface area contributed by atoms with Crippen LogP contribution >= 0.6 is 0 Å². The number of hydrogen-bond donors (Lipinski definition) is 1. The van der Waals surface area contributed by atoms with Crippen LogP contribution in [0, 0.1) is 5.41 Å². The van der Waals surface area contributed by atoms with Gasteiger partial charge in [-0.15, -0.1) is 6.58 Å². The highest BCUT2D eigenvalue weighted by atomic mass is 16.4. The summed E-state index contributed by atoms with van der Waals surface area (Å²) >= 11 is 0. The van der Waals surface area contributed by atoms with E-state index in [2.05, 4.69) is 18.3 Å². The summed E-state index contributed by atoms with van der Waals surface area (Å²) in [5.41, 5.74) is 1.54. The molecule has 1 N–H and O–H groups in total. The second-order valence-electron chi connectivity index (χ2n) is 3.78. The fourth-order valence-corrected chi connectivity index (χ4v) is 0.973. The van der Waals surface area contributed by atoms with Gasteiger partial charge in [0.15, 0.2) is 0 Å². The Kier molecular flexibility index (Phi) is 4.46. The zero-order valence-corrected chi connectivity index (χ0v) is 8.80. The molecule has 0 heterocycles. The molecule has 0 spiro atoms. The van der Waals surface area contributed by atoms with Crippen molar-refractivity contribution in [3.8, 4) is 0 Å². The van der Waals surface area contributed by atoms with Gasteiger partial charge in [-0.3, -0.25) is 0 Å². The molecule has 0 aliphatic carbocycles. The van der Waals surface area contributed by atoms with E-state index in [1.165, 1.54) is 0 Å². The lowest BCUT2D eigenvalue weighted by Crippen LogP contribution is -2.25. The van der Waals surface area contributed by atoms with E-state index in [1.807, 2.05) is 26.8 Å². The zero-order valence-electron chi connectivity index (χ0n) is 8.80. The number of nitrogens with zero attached hydrogens (tertiary/aromatic N) is 1. The predicted octanol–water partition coefficient (Wildman–Crippen LogP) is 3.39.